The van der Waals surface area contributed by atoms with Gasteiger partial charge in [-0.25, -0.2) is 22.5 Å². The zero-order valence-electron chi connectivity index (χ0n) is 20.6. The number of rotatable bonds is 7. The lowest BCUT2D eigenvalue weighted by atomic mass is 9.46. The number of aromatic nitrogens is 2. The van der Waals surface area contributed by atoms with E-state index in [9.17, 15) is 17.9 Å². The molecule has 6 nitrogen and oxygen atoms in total. The number of hydrogen-bond acceptors (Lipinski definition) is 4. The molecule has 2 aromatic carbocycles. The van der Waals surface area contributed by atoms with Gasteiger partial charge < -0.3 is 9.67 Å². The first-order chi connectivity index (χ1) is 17.8. The minimum atomic E-state index is -3.47. The molecule has 0 saturated heterocycles. The number of halogens is 1. The Morgan fingerprint density at radius 1 is 1.08 bits per heavy atom. The average Bonchev–Trinajstić information content (AvgIpc) is 3.44. The zero-order valence-corrected chi connectivity index (χ0v) is 21.4. The molecule has 2 heterocycles. The van der Waals surface area contributed by atoms with Crippen LogP contribution in [0, 0.1) is 29.0 Å². The molecule has 0 spiro atoms. The molecule has 4 bridgehead atoms. The van der Waals surface area contributed by atoms with E-state index in [2.05, 4.69) is 9.71 Å². The molecule has 4 unspecified atom stereocenters. The summed E-state index contributed by atoms with van der Waals surface area (Å²) in [6, 6.07) is 14.1. The van der Waals surface area contributed by atoms with E-state index in [1.807, 2.05) is 41.0 Å². The fraction of sp³-hybridized carbons (Fsp3) is 0.483. The van der Waals surface area contributed by atoms with Crippen LogP contribution in [0.25, 0.3) is 11.3 Å². The van der Waals surface area contributed by atoms with Gasteiger partial charge in [0.1, 0.15) is 5.82 Å². The maximum atomic E-state index is 15.0. The molecular formula is C29H32FN3O3S. The van der Waals surface area contributed by atoms with Gasteiger partial charge >= 0.3 is 0 Å². The Morgan fingerprint density at radius 2 is 1.84 bits per heavy atom. The number of aliphatic hydroxyl groups is 1. The fourth-order valence-electron chi connectivity index (χ4n) is 8.42. The molecule has 4 saturated carbocycles. The number of imidazole rings is 1. The summed E-state index contributed by atoms with van der Waals surface area (Å²) in [7, 11) is -3.47. The Morgan fingerprint density at radius 3 is 2.59 bits per heavy atom. The van der Waals surface area contributed by atoms with Gasteiger partial charge in [0, 0.05) is 17.2 Å². The van der Waals surface area contributed by atoms with E-state index < -0.39 is 16.1 Å². The van der Waals surface area contributed by atoms with Crippen LogP contribution in [-0.4, -0.2) is 35.2 Å². The van der Waals surface area contributed by atoms with Crippen LogP contribution in [0.2, 0.25) is 0 Å². The normalized spacial score (nSPS) is 32.3. The Hall–Kier alpha value is -2.55. The largest absolute Gasteiger partial charge is 0.392 e. The van der Waals surface area contributed by atoms with Gasteiger partial charge in [-0.1, -0.05) is 42.5 Å². The average molecular weight is 522 g/mol. The lowest BCUT2D eigenvalue weighted by molar-refractivity contribution is -0.134. The third-order valence-electron chi connectivity index (χ3n) is 9.65. The van der Waals surface area contributed by atoms with Crippen LogP contribution in [0.4, 0.5) is 4.39 Å². The number of fused-ring (bicyclic) bond motifs is 3. The highest BCUT2D eigenvalue weighted by Crippen LogP contribution is 2.62. The minimum Gasteiger partial charge on any atom is -0.392 e. The molecule has 2 N–H and O–H groups in total. The number of sulfonamides is 1. The summed E-state index contributed by atoms with van der Waals surface area (Å²) >= 11 is 0. The van der Waals surface area contributed by atoms with Crippen LogP contribution in [0.15, 0.2) is 61.1 Å². The van der Waals surface area contributed by atoms with Crippen molar-refractivity contribution in [2.24, 2.45) is 23.2 Å². The highest BCUT2D eigenvalue weighted by atomic mass is 32.2. The van der Waals surface area contributed by atoms with Crippen LogP contribution in [0.5, 0.6) is 0 Å². The van der Waals surface area contributed by atoms with Gasteiger partial charge in [0.25, 0.3) is 0 Å². The molecule has 1 aliphatic heterocycles. The van der Waals surface area contributed by atoms with Crippen LogP contribution in [0.1, 0.15) is 55.7 Å². The number of benzene rings is 2. The minimum absolute atomic E-state index is 0.0130. The van der Waals surface area contributed by atoms with Gasteiger partial charge in [0.05, 0.1) is 36.1 Å². The van der Waals surface area contributed by atoms with Crippen molar-refractivity contribution in [2.45, 2.75) is 62.5 Å². The summed E-state index contributed by atoms with van der Waals surface area (Å²) in [5.74, 6) is 0.710. The molecule has 5 aliphatic rings. The Bertz CT molecular complexity index is 1420. The van der Waals surface area contributed by atoms with Crippen LogP contribution in [0.3, 0.4) is 0 Å². The third kappa shape index (κ3) is 3.87. The van der Waals surface area contributed by atoms with Crippen LogP contribution >= 0.6 is 0 Å². The van der Waals surface area contributed by atoms with Crippen molar-refractivity contribution in [2.75, 3.05) is 0 Å². The maximum Gasteiger partial charge on any atom is 0.216 e. The summed E-state index contributed by atoms with van der Waals surface area (Å²) < 4.78 is 46.2. The summed E-state index contributed by atoms with van der Waals surface area (Å²) in [6.07, 6.45) is 7.97. The van der Waals surface area contributed by atoms with Crippen molar-refractivity contribution in [3.05, 3.63) is 78.0 Å². The van der Waals surface area contributed by atoms with Crippen molar-refractivity contribution >= 4 is 10.0 Å². The molecule has 0 amide bonds. The van der Waals surface area contributed by atoms with Crippen LogP contribution < -0.4 is 4.72 Å². The van der Waals surface area contributed by atoms with Crippen molar-refractivity contribution < 1.29 is 17.9 Å². The van der Waals surface area contributed by atoms with Crippen molar-refractivity contribution in [1.29, 1.82) is 0 Å². The summed E-state index contributed by atoms with van der Waals surface area (Å²) in [5, 5.41) is 11.8. The van der Waals surface area contributed by atoms with Gasteiger partial charge in [-0.15, -0.1) is 0 Å². The lowest BCUT2D eigenvalue weighted by Crippen LogP contribution is -2.61. The second-order valence-corrected chi connectivity index (χ2v) is 13.6. The van der Waals surface area contributed by atoms with E-state index in [0.29, 0.717) is 17.9 Å². The monoisotopic (exact) mass is 521 g/mol. The van der Waals surface area contributed by atoms with Gasteiger partial charge in [-0.2, -0.15) is 0 Å². The molecule has 4 aliphatic carbocycles. The number of nitrogens with one attached hydrogen (secondary N) is 1. The Kier molecular flexibility index (Phi) is 5.40. The van der Waals surface area contributed by atoms with E-state index in [-0.39, 0.29) is 40.9 Å². The Labute approximate surface area is 217 Å². The summed E-state index contributed by atoms with van der Waals surface area (Å²) in [6.45, 7) is 0. The third-order valence-corrected chi connectivity index (χ3v) is 11.0. The lowest BCUT2D eigenvalue weighted by Gasteiger charge is -2.61. The summed E-state index contributed by atoms with van der Waals surface area (Å²) in [4.78, 5) is 4.29. The zero-order chi connectivity index (χ0) is 25.4. The van der Waals surface area contributed by atoms with Crippen molar-refractivity contribution in [3.8, 4) is 11.3 Å². The molecule has 3 aromatic rings. The predicted molar refractivity (Wildman–Crippen MR) is 138 cm³/mol. The SMILES string of the molecule is O=S(=O)(Cc1ccccc1)NC1C2CC3CC1CC(C(O)CC1c4c(F)cccc4-c4cncn41)(C3)C2. The second kappa shape index (κ2) is 8.48. The molecule has 194 valence electrons. The van der Waals surface area contributed by atoms with E-state index in [4.69, 9.17) is 0 Å². The molecule has 4 fully saturated rings. The molecule has 1 aromatic heterocycles. The van der Waals surface area contributed by atoms with Gasteiger partial charge in [0.15, 0.2) is 0 Å². The van der Waals surface area contributed by atoms with Gasteiger partial charge in [0.2, 0.25) is 10.0 Å². The molecule has 4 atom stereocenters. The molecule has 0 radical (unpaired) electrons. The smallest absolute Gasteiger partial charge is 0.216 e. The van der Waals surface area contributed by atoms with Crippen molar-refractivity contribution in [3.63, 3.8) is 0 Å². The number of nitrogens with zero attached hydrogens (tertiary/aromatic N) is 2. The number of aliphatic hydroxyl groups excluding tert-OH is 1. The standard InChI is InChI=1S/C29H32FN3O3S/c30-23-8-4-7-22-25-15-31-17-33(25)24(27(22)23)11-26(34)29-12-19-9-20(13-29)28(21(10-19)14-29)32-37(35,36)16-18-5-2-1-3-6-18/h1-8,15,17,19-21,24,26,28,32,34H,9-14,16H2. The predicted octanol–water partition coefficient (Wildman–Crippen LogP) is 4.66. The number of hydrogen-bond donors (Lipinski definition) is 2. The van der Waals surface area contributed by atoms with E-state index in [1.165, 1.54) is 6.07 Å². The first kappa shape index (κ1) is 23.6. The Balaban J connectivity index is 1.11. The first-order valence-corrected chi connectivity index (χ1v) is 15.0. The van der Waals surface area contributed by atoms with Crippen LogP contribution in [-0.2, 0) is 15.8 Å². The molecule has 8 heteroatoms. The first-order valence-electron chi connectivity index (χ1n) is 13.3. The maximum absolute atomic E-state index is 15.0. The topological polar surface area (TPSA) is 84.2 Å². The highest BCUT2D eigenvalue weighted by molar-refractivity contribution is 7.88. The van der Waals surface area contributed by atoms with E-state index >= 15 is 0 Å². The fourth-order valence-corrected chi connectivity index (χ4v) is 9.94. The second-order valence-electron chi connectivity index (χ2n) is 11.9. The van der Waals surface area contributed by atoms with E-state index in [0.717, 1.165) is 48.9 Å². The molecule has 8 rings (SSSR count). The summed E-state index contributed by atoms with van der Waals surface area (Å²) in [5.41, 5.74) is 2.94. The molecular weight excluding hydrogens is 489 g/mol. The highest BCUT2D eigenvalue weighted by Gasteiger charge is 2.58. The quantitative estimate of drug-likeness (QED) is 0.474. The van der Waals surface area contributed by atoms with E-state index in [1.54, 1.807) is 18.6 Å². The molecule has 37 heavy (non-hydrogen) atoms. The van der Waals surface area contributed by atoms with Gasteiger partial charge in [-0.3, -0.25) is 0 Å². The van der Waals surface area contributed by atoms with Gasteiger partial charge in [-0.05, 0) is 73.3 Å². The van der Waals surface area contributed by atoms with Crippen molar-refractivity contribution in [1.82, 2.24) is 14.3 Å².